The number of aromatic carboxylic acids is 1. The summed E-state index contributed by atoms with van der Waals surface area (Å²) in [5.74, 6) is -1.34. The van der Waals surface area contributed by atoms with E-state index in [1.165, 1.54) is 0 Å². The number of hydrogen-bond acceptors (Lipinski definition) is 4. The minimum Gasteiger partial charge on any atom is -0.477 e. The van der Waals surface area contributed by atoms with E-state index in [4.69, 9.17) is 5.11 Å². The molecule has 15 heavy (non-hydrogen) atoms. The summed E-state index contributed by atoms with van der Waals surface area (Å²) in [6.07, 6.45) is 3.28. The summed E-state index contributed by atoms with van der Waals surface area (Å²) in [4.78, 5) is 34.9. The van der Waals surface area contributed by atoms with Crippen molar-refractivity contribution < 1.29 is 14.1 Å². The summed E-state index contributed by atoms with van der Waals surface area (Å²) < 4.78 is 9.56. The molecule has 3 N–H and O–H groups in total. The second-order valence-electron chi connectivity index (χ2n) is 2.55. The van der Waals surface area contributed by atoms with Gasteiger partial charge in [-0.15, -0.1) is 0 Å². The third-order valence-corrected chi connectivity index (χ3v) is 0.991. The highest BCUT2D eigenvalue weighted by Crippen LogP contribution is 1.81. The van der Waals surface area contributed by atoms with E-state index in [2.05, 4.69) is 0 Å². The number of aromatic amines is 2. The largest absolute Gasteiger partial charge is 0.477 e. The molecule has 0 aliphatic rings. The van der Waals surface area contributed by atoms with Crippen molar-refractivity contribution in [2.45, 2.75) is 0 Å². The molecule has 0 unspecified atom stereocenters. The zero-order valence-corrected chi connectivity index (χ0v) is 8.88. The van der Waals surface area contributed by atoms with Gasteiger partial charge in [0.25, 0.3) is 5.56 Å². The van der Waals surface area contributed by atoms with Gasteiger partial charge in [0, 0.05) is 29.4 Å². The molecule has 0 radical (unpaired) electrons. The maximum Gasteiger partial charge on any atom is 0.352 e. The highest BCUT2D eigenvalue weighted by molar-refractivity contribution is 7.83. The lowest BCUT2D eigenvalue weighted by Gasteiger charge is -1.89. The Bertz CT molecular complexity index is 443. The zero-order chi connectivity index (χ0) is 12.0. The van der Waals surface area contributed by atoms with Gasteiger partial charge in [0.15, 0.2) is 0 Å². The van der Waals surface area contributed by atoms with Crippen LogP contribution in [0.4, 0.5) is 0 Å². The number of hydrogen-bond donors (Lipinski definition) is 3. The molecule has 7 nitrogen and oxygen atoms in total. The van der Waals surface area contributed by atoms with Gasteiger partial charge in [-0.1, -0.05) is 0 Å². The molecule has 1 heterocycles. The first-order chi connectivity index (χ1) is 6.82. The molecule has 1 rings (SSSR count). The van der Waals surface area contributed by atoms with Gasteiger partial charge in [0.2, 0.25) is 0 Å². The minimum atomic E-state index is -1.34. The van der Waals surface area contributed by atoms with Crippen molar-refractivity contribution in [1.82, 2.24) is 9.97 Å². The molecule has 1 aromatic rings. The lowest BCUT2D eigenvalue weighted by molar-refractivity contribution is 0.0689. The first kappa shape index (κ1) is 13.3. The van der Waals surface area contributed by atoms with Crippen LogP contribution in [0, 0.1) is 0 Å². The second kappa shape index (κ2) is 5.91. The molecule has 0 atom stereocenters. The maximum absolute atomic E-state index is 10.5. The van der Waals surface area contributed by atoms with Gasteiger partial charge in [-0.2, -0.15) is 0 Å². The van der Waals surface area contributed by atoms with Gasteiger partial charge in [0.1, 0.15) is 5.69 Å². The number of carbonyl (C=O) groups is 1. The van der Waals surface area contributed by atoms with Crippen molar-refractivity contribution in [3.63, 3.8) is 0 Å². The molecule has 0 aromatic carbocycles. The average Bonchev–Trinajstić information content (AvgIpc) is 2.00. The van der Waals surface area contributed by atoms with Gasteiger partial charge in [-0.05, 0) is 0 Å². The van der Waals surface area contributed by atoms with Crippen LogP contribution in [0.25, 0.3) is 0 Å². The zero-order valence-electron chi connectivity index (χ0n) is 8.07. The van der Waals surface area contributed by atoms with Crippen LogP contribution >= 0.6 is 0 Å². The van der Waals surface area contributed by atoms with E-state index in [9.17, 15) is 18.6 Å². The second-order valence-corrected chi connectivity index (χ2v) is 4.03. The van der Waals surface area contributed by atoms with Crippen LogP contribution in [0.15, 0.2) is 15.7 Å². The van der Waals surface area contributed by atoms with Crippen LogP contribution in [-0.2, 0) is 10.8 Å². The number of nitrogens with one attached hydrogen (secondary N) is 2. The Hall–Kier alpha value is -1.70. The Morgan fingerprint density at radius 1 is 1.33 bits per heavy atom. The van der Waals surface area contributed by atoms with Gasteiger partial charge in [-0.25, -0.2) is 9.59 Å². The van der Waals surface area contributed by atoms with Crippen molar-refractivity contribution >= 4 is 16.8 Å². The van der Waals surface area contributed by atoms with Gasteiger partial charge in [0.05, 0.1) is 0 Å². The summed E-state index contributed by atoms with van der Waals surface area (Å²) >= 11 is 0. The predicted molar refractivity (Wildman–Crippen MR) is 54.6 cm³/mol. The third-order valence-electron chi connectivity index (χ3n) is 0.991. The summed E-state index contributed by atoms with van der Waals surface area (Å²) in [6, 6.07) is 0.795. The van der Waals surface area contributed by atoms with E-state index in [1.807, 2.05) is 9.97 Å². The molecule has 1 aromatic heterocycles. The topological polar surface area (TPSA) is 120 Å². The van der Waals surface area contributed by atoms with Gasteiger partial charge >= 0.3 is 11.7 Å². The molecule has 0 fully saturated rings. The first-order valence-electron chi connectivity index (χ1n) is 3.65. The van der Waals surface area contributed by atoms with Crippen LogP contribution in [0.2, 0.25) is 0 Å². The fourth-order valence-corrected chi connectivity index (χ4v) is 0.584. The van der Waals surface area contributed by atoms with Gasteiger partial charge in [-0.3, -0.25) is 14.0 Å². The van der Waals surface area contributed by atoms with Crippen LogP contribution in [0.1, 0.15) is 10.5 Å². The third kappa shape index (κ3) is 6.38. The summed E-state index contributed by atoms with van der Waals surface area (Å²) in [6.45, 7) is 0. The minimum absolute atomic E-state index is 0.418. The van der Waals surface area contributed by atoms with Crippen LogP contribution in [0.5, 0.6) is 0 Å². The Morgan fingerprint density at radius 3 is 2.13 bits per heavy atom. The molecule has 84 valence electrons. The highest BCUT2D eigenvalue weighted by Gasteiger charge is 2.03. The quantitative estimate of drug-likeness (QED) is 0.561. The van der Waals surface area contributed by atoms with Crippen molar-refractivity contribution in [3.8, 4) is 0 Å². The molecule has 0 saturated carbocycles. The van der Waals surface area contributed by atoms with Crippen LogP contribution in [0.3, 0.4) is 0 Å². The smallest absolute Gasteiger partial charge is 0.352 e. The van der Waals surface area contributed by atoms with Crippen LogP contribution in [-0.4, -0.2) is 37.8 Å². The van der Waals surface area contributed by atoms with Crippen molar-refractivity contribution in [2.75, 3.05) is 12.5 Å². The number of carboxylic acids is 1. The van der Waals surface area contributed by atoms with E-state index in [0.717, 1.165) is 6.07 Å². The lowest BCUT2D eigenvalue weighted by Crippen LogP contribution is -2.24. The molecule has 0 saturated heterocycles. The van der Waals surface area contributed by atoms with E-state index in [-0.39, 0.29) is 0 Å². The van der Waals surface area contributed by atoms with Crippen LogP contribution < -0.4 is 11.2 Å². The monoisotopic (exact) mass is 234 g/mol. The molecule has 0 spiro atoms. The number of H-pyrrole nitrogens is 2. The SMILES string of the molecule is CS(C)=O.O=C(O)c1cc(=O)[nH]c(=O)[nH]1. The molecular formula is C7H10N2O5S. The predicted octanol–water partition coefficient (Wildman–Crippen LogP) is -1.24. The first-order valence-corrected chi connectivity index (χ1v) is 5.61. The maximum atomic E-state index is 10.5. The van der Waals surface area contributed by atoms with Crippen molar-refractivity contribution in [2.24, 2.45) is 0 Å². The summed E-state index contributed by atoms with van der Waals surface area (Å²) in [5.41, 5.74) is -1.97. The summed E-state index contributed by atoms with van der Waals surface area (Å²) in [7, 11) is -0.611. The van der Waals surface area contributed by atoms with E-state index in [1.54, 1.807) is 12.5 Å². The van der Waals surface area contributed by atoms with Crippen molar-refractivity contribution in [3.05, 3.63) is 32.6 Å². The average molecular weight is 234 g/mol. The molecule has 0 aliphatic carbocycles. The Balaban J connectivity index is 0.000000423. The fourth-order valence-electron chi connectivity index (χ4n) is 0.584. The molecular weight excluding hydrogens is 224 g/mol. The van der Waals surface area contributed by atoms with E-state index in [0.29, 0.717) is 0 Å². The highest BCUT2D eigenvalue weighted by atomic mass is 32.2. The number of aromatic nitrogens is 2. The Kier molecular flexibility index (Phi) is 5.24. The molecule has 0 bridgehead atoms. The van der Waals surface area contributed by atoms with E-state index < -0.39 is 33.7 Å². The lowest BCUT2D eigenvalue weighted by atomic mass is 10.4. The number of rotatable bonds is 1. The molecule has 8 heteroatoms. The van der Waals surface area contributed by atoms with Crippen molar-refractivity contribution in [1.29, 1.82) is 0 Å². The normalized spacial score (nSPS) is 9.27. The van der Waals surface area contributed by atoms with Gasteiger partial charge < -0.3 is 10.1 Å². The van der Waals surface area contributed by atoms with E-state index >= 15 is 0 Å². The molecule has 0 amide bonds. The summed E-state index contributed by atoms with van der Waals surface area (Å²) in [5, 5.41) is 8.31. The number of carboxylic acid groups (broad SMARTS) is 1. The molecule has 0 aliphatic heterocycles. The standard InChI is InChI=1S/C5H4N2O4.C2H6OS/c8-3-1-2(4(9)10)6-5(11)7-3;1-4(2)3/h1H,(H,9,10)(H2,6,7,8,11);1-2H3. The Labute approximate surface area is 86.6 Å². The fraction of sp³-hybridized carbons (Fsp3) is 0.286. The Morgan fingerprint density at radius 2 is 1.80 bits per heavy atom.